The van der Waals surface area contributed by atoms with E-state index in [-0.39, 0.29) is 5.91 Å². The molecule has 0 radical (unpaired) electrons. The minimum atomic E-state index is -0.529. The van der Waals surface area contributed by atoms with Crippen molar-refractivity contribution < 1.29 is 9.18 Å². The summed E-state index contributed by atoms with van der Waals surface area (Å²) in [6.45, 7) is 3.72. The lowest BCUT2D eigenvalue weighted by molar-refractivity contribution is 0.0619. The fourth-order valence-corrected chi connectivity index (χ4v) is 5.72. The molecule has 168 valence electrons. The summed E-state index contributed by atoms with van der Waals surface area (Å²) in [5.74, 6) is 0.0999. The Hall–Kier alpha value is -2.02. The van der Waals surface area contributed by atoms with E-state index in [1.807, 2.05) is 4.90 Å². The van der Waals surface area contributed by atoms with Crippen molar-refractivity contribution in [2.45, 2.75) is 83.6 Å². The summed E-state index contributed by atoms with van der Waals surface area (Å²) in [6.07, 6.45) is 12.6. The average molecular weight is 445 g/mol. The molecule has 1 N–H and O–H groups in total. The molecule has 1 saturated carbocycles. The molecule has 5 nitrogen and oxygen atoms in total. The molecule has 0 aromatic carbocycles. The zero-order chi connectivity index (χ0) is 21.6. The first kappa shape index (κ1) is 22.2. The van der Waals surface area contributed by atoms with E-state index in [0.29, 0.717) is 27.3 Å². The lowest BCUT2D eigenvalue weighted by Crippen LogP contribution is -2.45. The third kappa shape index (κ3) is 5.25. The SMILES string of the molecule is CCCCCCCNc1ccc(-c2nc3c(s2)C(=O)N(C2CCCCC2)CC3)c(F)n1. The standard InChI is InChI=1S/C24H33FN4OS/c1-2-3-4-5-9-15-26-20-13-12-18(22(25)28-20)23-27-19-14-16-29(24(30)21(19)31-23)17-10-7-6-8-11-17/h12-13,17H,2-11,14-16H2,1H3,(H,26,28). The Morgan fingerprint density at radius 2 is 1.94 bits per heavy atom. The van der Waals surface area contributed by atoms with Crippen molar-refractivity contribution in [3.8, 4) is 10.6 Å². The molecule has 0 spiro atoms. The van der Waals surface area contributed by atoms with Gasteiger partial charge < -0.3 is 10.2 Å². The number of hydrogen-bond donors (Lipinski definition) is 1. The predicted octanol–water partition coefficient (Wildman–Crippen LogP) is 6.06. The first-order valence-electron chi connectivity index (χ1n) is 11.9. The van der Waals surface area contributed by atoms with E-state index in [1.54, 1.807) is 12.1 Å². The molecule has 7 heteroatoms. The lowest BCUT2D eigenvalue weighted by atomic mass is 9.93. The number of rotatable bonds is 9. The normalized spacial score (nSPS) is 17.1. The molecule has 0 saturated heterocycles. The van der Waals surface area contributed by atoms with Crippen LogP contribution in [-0.2, 0) is 6.42 Å². The monoisotopic (exact) mass is 444 g/mol. The van der Waals surface area contributed by atoms with Crippen molar-refractivity contribution in [3.63, 3.8) is 0 Å². The van der Waals surface area contributed by atoms with E-state index < -0.39 is 5.95 Å². The number of aromatic nitrogens is 2. The summed E-state index contributed by atoms with van der Waals surface area (Å²) in [4.78, 5) is 24.5. The summed E-state index contributed by atoms with van der Waals surface area (Å²) < 4.78 is 14.8. The van der Waals surface area contributed by atoms with Gasteiger partial charge in [0.25, 0.3) is 5.91 Å². The van der Waals surface area contributed by atoms with E-state index in [2.05, 4.69) is 22.2 Å². The zero-order valence-electron chi connectivity index (χ0n) is 18.5. The Morgan fingerprint density at radius 1 is 1.13 bits per heavy atom. The summed E-state index contributed by atoms with van der Waals surface area (Å²) in [7, 11) is 0. The number of hydrogen-bond acceptors (Lipinski definition) is 5. The van der Waals surface area contributed by atoms with Crippen LogP contribution in [0.3, 0.4) is 0 Å². The highest BCUT2D eigenvalue weighted by atomic mass is 32.1. The van der Waals surface area contributed by atoms with E-state index >= 15 is 0 Å². The van der Waals surface area contributed by atoms with Crippen molar-refractivity contribution in [2.24, 2.45) is 0 Å². The highest BCUT2D eigenvalue weighted by Gasteiger charge is 2.33. The van der Waals surface area contributed by atoms with Crippen LogP contribution in [0, 0.1) is 5.95 Å². The number of nitrogens with zero attached hydrogens (tertiary/aromatic N) is 3. The Morgan fingerprint density at radius 3 is 2.71 bits per heavy atom. The number of amides is 1. The van der Waals surface area contributed by atoms with Crippen molar-refractivity contribution in [1.82, 2.24) is 14.9 Å². The number of halogens is 1. The second-order valence-electron chi connectivity index (χ2n) is 8.71. The fourth-order valence-electron chi connectivity index (χ4n) is 4.64. The Balaban J connectivity index is 1.41. The highest BCUT2D eigenvalue weighted by molar-refractivity contribution is 7.17. The van der Waals surface area contributed by atoms with Gasteiger partial charge in [-0.1, -0.05) is 51.9 Å². The van der Waals surface area contributed by atoms with Gasteiger partial charge >= 0.3 is 0 Å². The molecule has 0 unspecified atom stereocenters. The molecule has 1 aliphatic heterocycles. The minimum absolute atomic E-state index is 0.0756. The van der Waals surface area contributed by atoms with Crippen molar-refractivity contribution >= 4 is 23.1 Å². The van der Waals surface area contributed by atoms with Gasteiger partial charge in [0.1, 0.15) is 15.7 Å². The maximum absolute atomic E-state index is 14.8. The molecular weight excluding hydrogens is 411 g/mol. The number of carbonyl (C=O) groups excluding carboxylic acids is 1. The van der Waals surface area contributed by atoms with E-state index in [1.165, 1.54) is 56.3 Å². The van der Waals surface area contributed by atoms with Gasteiger partial charge in [-0.15, -0.1) is 11.3 Å². The number of unbranched alkanes of at least 4 members (excludes halogenated alkanes) is 4. The minimum Gasteiger partial charge on any atom is -0.370 e. The molecule has 2 aliphatic rings. The van der Waals surface area contributed by atoms with Crippen LogP contribution in [-0.4, -0.2) is 39.9 Å². The first-order valence-corrected chi connectivity index (χ1v) is 12.7. The number of carbonyl (C=O) groups is 1. The van der Waals surface area contributed by atoms with Gasteiger partial charge in [-0.3, -0.25) is 4.79 Å². The molecule has 1 amide bonds. The van der Waals surface area contributed by atoms with Crippen LogP contribution >= 0.6 is 11.3 Å². The summed E-state index contributed by atoms with van der Waals surface area (Å²) in [5.41, 5.74) is 1.19. The van der Waals surface area contributed by atoms with Crippen LogP contribution in [0.1, 0.15) is 86.5 Å². The van der Waals surface area contributed by atoms with Crippen LogP contribution in [0.25, 0.3) is 10.6 Å². The number of anilines is 1. The number of nitrogens with one attached hydrogen (secondary N) is 1. The van der Waals surface area contributed by atoms with Gasteiger partial charge in [0.15, 0.2) is 0 Å². The second kappa shape index (κ2) is 10.5. The van der Waals surface area contributed by atoms with Gasteiger partial charge in [0.2, 0.25) is 5.95 Å². The Kier molecular flexibility index (Phi) is 7.54. The summed E-state index contributed by atoms with van der Waals surface area (Å²) in [6, 6.07) is 3.89. The number of fused-ring (bicyclic) bond motifs is 1. The number of pyridine rings is 1. The molecule has 2 aromatic rings. The Bertz CT molecular complexity index is 894. The van der Waals surface area contributed by atoms with Crippen LogP contribution in [0.15, 0.2) is 12.1 Å². The smallest absolute Gasteiger partial charge is 0.266 e. The maximum atomic E-state index is 14.8. The topological polar surface area (TPSA) is 58.1 Å². The molecule has 2 aromatic heterocycles. The molecule has 0 atom stereocenters. The predicted molar refractivity (Wildman–Crippen MR) is 124 cm³/mol. The average Bonchev–Trinajstić information content (AvgIpc) is 3.22. The first-order chi connectivity index (χ1) is 15.2. The summed E-state index contributed by atoms with van der Waals surface area (Å²) >= 11 is 1.31. The molecule has 31 heavy (non-hydrogen) atoms. The fraction of sp³-hybridized carbons (Fsp3) is 0.625. The van der Waals surface area contributed by atoms with Crippen molar-refractivity contribution in [1.29, 1.82) is 0 Å². The largest absolute Gasteiger partial charge is 0.370 e. The van der Waals surface area contributed by atoms with E-state index in [0.717, 1.165) is 44.5 Å². The maximum Gasteiger partial charge on any atom is 0.266 e. The van der Waals surface area contributed by atoms with Crippen LogP contribution in [0.2, 0.25) is 0 Å². The van der Waals surface area contributed by atoms with Crippen LogP contribution < -0.4 is 5.32 Å². The third-order valence-corrected chi connectivity index (χ3v) is 7.54. The van der Waals surface area contributed by atoms with Gasteiger partial charge in [-0.05, 0) is 31.4 Å². The van der Waals surface area contributed by atoms with E-state index in [9.17, 15) is 9.18 Å². The van der Waals surface area contributed by atoms with Gasteiger partial charge in [-0.2, -0.15) is 4.39 Å². The van der Waals surface area contributed by atoms with Crippen molar-refractivity contribution in [3.05, 3.63) is 28.7 Å². The molecular formula is C24H33FN4OS. The lowest BCUT2D eigenvalue weighted by Gasteiger charge is -2.36. The zero-order valence-corrected chi connectivity index (χ0v) is 19.3. The summed E-state index contributed by atoms with van der Waals surface area (Å²) in [5, 5.41) is 3.77. The molecule has 0 bridgehead atoms. The molecule has 1 aliphatic carbocycles. The highest BCUT2D eigenvalue weighted by Crippen LogP contribution is 2.35. The molecule has 3 heterocycles. The van der Waals surface area contributed by atoms with Crippen LogP contribution in [0.5, 0.6) is 0 Å². The van der Waals surface area contributed by atoms with Gasteiger partial charge in [0, 0.05) is 25.6 Å². The molecule has 1 fully saturated rings. The van der Waals surface area contributed by atoms with Gasteiger partial charge in [-0.25, -0.2) is 9.97 Å². The molecule has 4 rings (SSSR count). The van der Waals surface area contributed by atoms with Crippen molar-refractivity contribution in [2.75, 3.05) is 18.4 Å². The van der Waals surface area contributed by atoms with Gasteiger partial charge in [0.05, 0.1) is 11.3 Å². The number of thiazole rings is 1. The quantitative estimate of drug-likeness (QED) is 0.377. The van der Waals surface area contributed by atoms with Crippen LogP contribution in [0.4, 0.5) is 10.2 Å². The Labute approximate surface area is 188 Å². The van der Waals surface area contributed by atoms with E-state index in [4.69, 9.17) is 0 Å². The third-order valence-electron chi connectivity index (χ3n) is 6.42. The second-order valence-corrected chi connectivity index (χ2v) is 9.71.